The van der Waals surface area contributed by atoms with Gasteiger partial charge in [-0.3, -0.25) is 4.79 Å². The highest BCUT2D eigenvalue weighted by Crippen LogP contribution is 2.39. The molecule has 6 rings (SSSR count). The van der Waals surface area contributed by atoms with E-state index in [1.54, 1.807) is 0 Å². The molecule has 1 saturated carbocycles. The van der Waals surface area contributed by atoms with Crippen LogP contribution in [0.1, 0.15) is 97.3 Å². The number of para-hydroxylation sites is 1. The van der Waals surface area contributed by atoms with Gasteiger partial charge in [0, 0.05) is 34.5 Å². The number of aromatic nitrogens is 1. The normalized spacial score (nSPS) is 19.0. The van der Waals surface area contributed by atoms with Crippen LogP contribution in [0.2, 0.25) is 0 Å². The quantitative estimate of drug-likeness (QED) is 0.200. The molecule has 1 aliphatic heterocycles. The van der Waals surface area contributed by atoms with Gasteiger partial charge in [-0.1, -0.05) is 92.8 Å². The molecule has 2 aliphatic rings. The van der Waals surface area contributed by atoms with Gasteiger partial charge in [-0.2, -0.15) is 0 Å². The Kier molecular flexibility index (Phi) is 9.01. The van der Waals surface area contributed by atoms with E-state index >= 15 is 0 Å². The molecule has 1 saturated heterocycles. The minimum atomic E-state index is -0.0952. The Morgan fingerprint density at radius 2 is 1.51 bits per heavy atom. The smallest absolute Gasteiger partial charge is 0.268 e. The van der Waals surface area contributed by atoms with Crippen molar-refractivity contribution in [1.29, 1.82) is 0 Å². The van der Waals surface area contributed by atoms with E-state index in [4.69, 9.17) is 4.74 Å². The number of benzene rings is 3. The second kappa shape index (κ2) is 13.4. The van der Waals surface area contributed by atoms with Crippen molar-refractivity contribution in [2.24, 2.45) is 0 Å². The molecule has 0 spiro atoms. The molecule has 1 amide bonds. The number of carbonyl (C=O) groups is 1. The van der Waals surface area contributed by atoms with E-state index in [0.29, 0.717) is 18.3 Å². The van der Waals surface area contributed by atoms with E-state index in [0.717, 1.165) is 53.6 Å². The van der Waals surface area contributed by atoms with Crippen molar-refractivity contribution in [3.05, 3.63) is 101 Å². The molecule has 2 heterocycles. The number of aromatic amines is 1. The van der Waals surface area contributed by atoms with Gasteiger partial charge >= 0.3 is 0 Å². The fourth-order valence-electron chi connectivity index (χ4n) is 6.75. The summed E-state index contributed by atoms with van der Waals surface area (Å²) >= 11 is 0. The Labute approximate surface area is 244 Å². The van der Waals surface area contributed by atoms with Gasteiger partial charge in [0.15, 0.2) is 0 Å². The zero-order chi connectivity index (χ0) is 27.9. The summed E-state index contributed by atoms with van der Waals surface area (Å²) in [5, 5.41) is 8.06. The van der Waals surface area contributed by atoms with Crippen LogP contribution in [-0.4, -0.2) is 36.1 Å². The largest absolute Gasteiger partial charge is 0.494 e. The van der Waals surface area contributed by atoms with Crippen LogP contribution in [0.4, 0.5) is 0 Å². The van der Waals surface area contributed by atoms with Crippen molar-refractivity contribution in [3.63, 3.8) is 0 Å². The molecule has 2 fully saturated rings. The standard InChI is InChI=1S/C36H43N3O2/c40-36(38-29-14-7-2-1-3-8-15-29)35-34(31-17-9-10-18-32(31)39-35)33(26-12-5-4-6-13-26)27-19-21-30(22-20-27)41-25-23-28-16-11-24-37-28/h4-6,9-10,12-13,17-22,28-29,33,37,39H,1-3,7-8,11,14-16,23-25H2,(H,38,40). The molecular weight excluding hydrogens is 506 g/mol. The molecule has 214 valence electrons. The van der Waals surface area contributed by atoms with Crippen LogP contribution in [0.5, 0.6) is 5.75 Å². The van der Waals surface area contributed by atoms with Gasteiger partial charge in [-0.25, -0.2) is 0 Å². The van der Waals surface area contributed by atoms with Crippen LogP contribution in [-0.2, 0) is 0 Å². The fraction of sp³-hybridized carbons (Fsp3) is 0.417. The van der Waals surface area contributed by atoms with E-state index in [-0.39, 0.29) is 17.9 Å². The average molecular weight is 550 g/mol. The lowest BCUT2D eigenvalue weighted by atomic mass is 9.83. The van der Waals surface area contributed by atoms with Crippen LogP contribution in [0, 0.1) is 0 Å². The maximum Gasteiger partial charge on any atom is 0.268 e. The third-order valence-corrected chi connectivity index (χ3v) is 8.95. The van der Waals surface area contributed by atoms with E-state index in [2.05, 4.69) is 82.3 Å². The number of hydrogen-bond acceptors (Lipinski definition) is 3. The van der Waals surface area contributed by atoms with Gasteiger partial charge in [-0.05, 0) is 68.0 Å². The molecule has 0 radical (unpaired) electrons. The van der Waals surface area contributed by atoms with E-state index in [1.807, 2.05) is 12.1 Å². The van der Waals surface area contributed by atoms with E-state index in [9.17, 15) is 4.79 Å². The second-order valence-corrected chi connectivity index (χ2v) is 11.8. The number of fused-ring (bicyclic) bond motifs is 1. The SMILES string of the molecule is O=C(NC1CCCCCCC1)c1[nH]c2ccccc2c1C(c1ccccc1)c1ccc(OCCC2CCCN2)cc1. The Bertz CT molecular complexity index is 1400. The topological polar surface area (TPSA) is 66.2 Å². The van der Waals surface area contributed by atoms with Crippen LogP contribution in [0.3, 0.4) is 0 Å². The van der Waals surface area contributed by atoms with E-state index < -0.39 is 0 Å². The summed E-state index contributed by atoms with van der Waals surface area (Å²) in [4.78, 5) is 17.5. The maximum absolute atomic E-state index is 14.0. The predicted molar refractivity (Wildman–Crippen MR) is 167 cm³/mol. The summed E-state index contributed by atoms with van der Waals surface area (Å²) in [5.74, 6) is 0.796. The number of ether oxygens (including phenoxy) is 1. The van der Waals surface area contributed by atoms with Gasteiger partial charge < -0.3 is 20.4 Å². The highest BCUT2D eigenvalue weighted by Gasteiger charge is 2.28. The molecule has 2 unspecified atom stereocenters. The van der Waals surface area contributed by atoms with Crippen LogP contribution >= 0.6 is 0 Å². The highest BCUT2D eigenvalue weighted by atomic mass is 16.5. The van der Waals surface area contributed by atoms with Crippen molar-refractivity contribution in [3.8, 4) is 5.75 Å². The molecule has 3 N–H and O–H groups in total. The van der Waals surface area contributed by atoms with Gasteiger partial charge in [0.2, 0.25) is 0 Å². The lowest BCUT2D eigenvalue weighted by molar-refractivity contribution is 0.0925. The molecular formula is C36H43N3O2. The summed E-state index contributed by atoms with van der Waals surface area (Å²) in [6, 6.07) is 28.2. The summed E-state index contributed by atoms with van der Waals surface area (Å²) in [7, 11) is 0. The van der Waals surface area contributed by atoms with Gasteiger partial charge in [0.05, 0.1) is 6.61 Å². The van der Waals surface area contributed by atoms with Crippen LogP contribution in [0.15, 0.2) is 78.9 Å². The molecule has 5 nitrogen and oxygen atoms in total. The molecule has 2 atom stereocenters. The number of nitrogens with one attached hydrogen (secondary N) is 3. The number of hydrogen-bond donors (Lipinski definition) is 3. The molecule has 1 aromatic heterocycles. The van der Waals surface area contributed by atoms with Gasteiger partial charge in [-0.15, -0.1) is 0 Å². The van der Waals surface area contributed by atoms with Crippen molar-refractivity contribution >= 4 is 16.8 Å². The van der Waals surface area contributed by atoms with Gasteiger partial charge in [0.25, 0.3) is 5.91 Å². The first-order chi connectivity index (χ1) is 20.3. The maximum atomic E-state index is 14.0. The molecule has 1 aliphatic carbocycles. The van der Waals surface area contributed by atoms with Crippen molar-refractivity contribution in [1.82, 2.24) is 15.6 Å². The van der Waals surface area contributed by atoms with Crippen molar-refractivity contribution in [2.75, 3.05) is 13.2 Å². The second-order valence-electron chi connectivity index (χ2n) is 11.8. The van der Waals surface area contributed by atoms with Crippen molar-refractivity contribution < 1.29 is 9.53 Å². The molecule has 5 heteroatoms. The first-order valence-corrected chi connectivity index (χ1v) is 15.7. The lowest BCUT2D eigenvalue weighted by Gasteiger charge is -2.23. The monoisotopic (exact) mass is 549 g/mol. The number of carbonyl (C=O) groups excluding carboxylic acids is 1. The molecule has 41 heavy (non-hydrogen) atoms. The Balaban J connectivity index is 1.32. The first kappa shape index (κ1) is 27.6. The molecule has 4 aromatic rings. The highest BCUT2D eigenvalue weighted by molar-refractivity contribution is 6.02. The third-order valence-electron chi connectivity index (χ3n) is 8.95. The van der Waals surface area contributed by atoms with Gasteiger partial charge in [0.1, 0.15) is 11.4 Å². The first-order valence-electron chi connectivity index (χ1n) is 15.7. The summed E-state index contributed by atoms with van der Waals surface area (Å²) in [6.07, 6.45) is 11.8. The third kappa shape index (κ3) is 6.68. The average Bonchev–Trinajstić information content (AvgIpc) is 3.65. The molecule has 3 aromatic carbocycles. The fourth-order valence-corrected chi connectivity index (χ4v) is 6.75. The number of H-pyrrole nitrogens is 1. The summed E-state index contributed by atoms with van der Waals surface area (Å²) < 4.78 is 6.12. The van der Waals surface area contributed by atoms with Crippen LogP contribution < -0.4 is 15.4 Å². The van der Waals surface area contributed by atoms with Crippen LogP contribution in [0.25, 0.3) is 10.9 Å². The number of rotatable bonds is 9. The zero-order valence-corrected chi connectivity index (χ0v) is 24.0. The molecule has 0 bridgehead atoms. The lowest BCUT2D eigenvalue weighted by Crippen LogP contribution is -2.36. The summed E-state index contributed by atoms with van der Waals surface area (Å²) in [6.45, 7) is 1.84. The minimum absolute atomic E-state index is 0.00294. The Morgan fingerprint density at radius 1 is 0.805 bits per heavy atom. The number of amides is 1. The Morgan fingerprint density at radius 3 is 2.27 bits per heavy atom. The summed E-state index contributed by atoms with van der Waals surface area (Å²) in [5.41, 5.74) is 5.01. The van der Waals surface area contributed by atoms with E-state index in [1.165, 1.54) is 50.5 Å². The Hall–Kier alpha value is -3.57. The van der Waals surface area contributed by atoms with Crippen molar-refractivity contribution in [2.45, 2.75) is 82.2 Å². The predicted octanol–water partition coefficient (Wildman–Crippen LogP) is 7.71. The minimum Gasteiger partial charge on any atom is -0.494 e. The zero-order valence-electron chi connectivity index (χ0n) is 24.0.